The fourth-order valence-electron chi connectivity index (χ4n) is 4.35. The molecule has 3 heterocycles. The standard InChI is InChI=1S/C27H33N5O/c1-6-33-27-15-25(18(2)3)32(31-27)26(19(4)23-11-9-13-28-20(23)5)17-29-22-14-21-10-7-8-12-24(21)30-16-22/h7-16,18-19,26,29H,6,17H2,1-5H3. The molecule has 0 aliphatic rings. The van der Waals surface area contributed by atoms with E-state index in [2.05, 4.69) is 71.9 Å². The van der Waals surface area contributed by atoms with E-state index >= 15 is 0 Å². The van der Waals surface area contributed by atoms with Crippen LogP contribution in [0, 0.1) is 6.92 Å². The van der Waals surface area contributed by atoms with Gasteiger partial charge in [0.2, 0.25) is 5.88 Å². The molecule has 0 aliphatic heterocycles. The molecule has 4 aromatic rings. The number of pyridine rings is 2. The van der Waals surface area contributed by atoms with E-state index in [4.69, 9.17) is 9.84 Å². The van der Waals surface area contributed by atoms with Crippen LogP contribution in [0.1, 0.15) is 62.5 Å². The Bertz CT molecular complexity index is 1220. The summed E-state index contributed by atoms with van der Waals surface area (Å²) in [7, 11) is 0. The van der Waals surface area contributed by atoms with Crippen LogP contribution in [0.2, 0.25) is 0 Å². The minimum Gasteiger partial charge on any atom is -0.477 e. The number of anilines is 1. The molecule has 1 N–H and O–H groups in total. The molecule has 1 aromatic carbocycles. The molecular weight excluding hydrogens is 410 g/mol. The molecule has 2 atom stereocenters. The van der Waals surface area contributed by atoms with Crippen molar-refractivity contribution in [3.8, 4) is 5.88 Å². The fraction of sp³-hybridized carbons (Fsp3) is 0.370. The second kappa shape index (κ2) is 10.0. The van der Waals surface area contributed by atoms with E-state index in [-0.39, 0.29) is 12.0 Å². The van der Waals surface area contributed by atoms with Crippen molar-refractivity contribution >= 4 is 16.6 Å². The van der Waals surface area contributed by atoms with E-state index in [0.717, 1.165) is 28.0 Å². The third kappa shape index (κ3) is 5.00. The third-order valence-corrected chi connectivity index (χ3v) is 6.16. The topological polar surface area (TPSA) is 64.9 Å². The average molecular weight is 444 g/mol. The van der Waals surface area contributed by atoms with E-state index in [1.165, 1.54) is 5.56 Å². The van der Waals surface area contributed by atoms with Gasteiger partial charge >= 0.3 is 0 Å². The zero-order chi connectivity index (χ0) is 23.4. The molecule has 4 rings (SSSR count). The number of rotatable bonds is 9. The van der Waals surface area contributed by atoms with Crippen molar-refractivity contribution in [1.29, 1.82) is 0 Å². The summed E-state index contributed by atoms with van der Waals surface area (Å²) < 4.78 is 7.92. The van der Waals surface area contributed by atoms with E-state index in [1.54, 1.807) is 0 Å². The van der Waals surface area contributed by atoms with E-state index in [0.29, 0.717) is 24.9 Å². The smallest absolute Gasteiger partial charge is 0.233 e. The van der Waals surface area contributed by atoms with Crippen molar-refractivity contribution in [2.75, 3.05) is 18.5 Å². The number of hydrogen-bond acceptors (Lipinski definition) is 5. The molecule has 2 unspecified atom stereocenters. The largest absolute Gasteiger partial charge is 0.477 e. The Labute approximate surface area is 196 Å². The van der Waals surface area contributed by atoms with E-state index in [9.17, 15) is 0 Å². The molecular formula is C27H33N5O. The Morgan fingerprint density at radius 2 is 1.85 bits per heavy atom. The highest BCUT2D eigenvalue weighted by molar-refractivity contribution is 5.81. The molecule has 0 bridgehead atoms. The van der Waals surface area contributed by atoms with Gasteiger partial charge in [-0.2, -0.15) is 0 Å². The lowest BCUT2D eigenvalue weighted by Crippen LogP contribution is -2.27. The number of nitrogens with one attached hydrogen (secondary N) is 1. The van der Waals surface area contributed by atoms with Crippen molar-refractivity contribution in [2.45, 2.75) is 52.5 Å². The monoisotopic (exact) mass is 443 g/mol. The molecule has 6 nitrogen and oxygen atoms in total. The Kier molecular flexibility index (Phi) is 6.92. The first-order chi connectivity index (χ1) is 16.0. The first-order valence-electron chi connectivity index (χ1n) is 11.7. The highest BCUT2D eigenvalue weighted by Crippen LogP contribution is 2.34. The second-order valence-electron chi connectivity index (χ2n) is 8.77. The lowest BCUT2D eigenvalue weighted by molar-refractivity contribution is 0.311. The molecule has 3 aromatic heterocycles. The van der Waals surface area contributed by atoms with Crippen LogP contribution < -0.4 is 10.1 Å². The number of hydrogen-bond donors (Lipinski definition) is 1. The maximum Gasteiger partial charge on any atom is 0.233 e. The molecule has 0 spiro atoms. The van der Waals surface area contributed by atoms with Crippen molar-refractivity contribution in [1.82, 2.24) is 19.7 Å². The molecule has 172 valence electrons. The van der Waals surface area contributed by atoms with Gasteiger partial charge in [-0.05, 0) is 43.5 Å². The van der Waals surface area contributed by atoms with Crippen LogP contribution in [0.15, 0.2) is 60.9 Å². The molecule has 0 fully saturated rings. The summed E-state index contributed by atoms with van der Waals surface area (Å²) >= 11 is 0. The van der Waals surface area contributed by atoms with Gasteiger partial charge in [-0.15, -0.1) is 5.10 Å². The fourth-order valence-corrected chi connectivity index (χ4v) is 4.35. The van der Waals surface area contributed by atoms with Crippen LogP contribution in [0.25, 0.3) is 10.9 Å². The minimum atomic E-state index is 0.0611. The number of nitrogens with zero attached hydrogens (tertiary/aromatic N) is 4. The Hall–Kier alpha value is -3.41. The molecule has 6 heteroatoms. The van der Waals surface area contributed by atoms with Gasteiger partial charge in [0, 0.05) is 41.5 Å². The Balaban J connectivity index is 1.70. The number of aromatic nitrogens is 4. The van der Waals surface area contributed by atoms with Crippen molar-refractivity contribution < 1.29 is 4.74 Å². The van der Waals surface area contributed by atoms with E-state index < -0.39 is 0 Å². The van der Waals surface area contributed by atoms with Gasteiger partial charge < -0.3 is 10.1 Å². The van der Waals surface area contributed by atoms with Crippen LogP contribution in [-0.4, -0.2) is 32.9 Å². The molecule has 0 aliphatic carbocycles. The highest BCUT2D eigenvalue weighted by Gasteiger charge is 2.27. The van der Waals surface area contributed by atoms with Gasteiger partial charge in [0.15, 0.2) is 0 Å². The predicted octanol–water partition coefficient (Wildman–Crippen LogP) is 6.11. The van der Waals surface area contributed by atoms with Crippen LogP contribution in [-0.2, 0) is 0 Å². The van der Waals surface area contributed by atoms with Crippen molar-refractivity contribution in [2.24, 2.45) is 0 Å². The Morgan fingerprint density at radius 1 is 1.03 bits per heavy atom. The van der Waals surface area contributed by atoms with Gasteiger partial charge in [0.05, 0.1) is 30.0 Å². The molecule has 0 saturated carbocycles. The van der Waals surface area contributed by atoms with Crippen molar-refractivity contribution in [3.05, 3.63) is 77.9 Å². The van der Waals surface area contributed by atoms with Gasteiger partial charge in [-0.1, -0.05) is 45.0 Å². The van der Waals surface area contributed by atoms with Gasteiger partial charge in [-0.3, -0.25) is 14.6 Å². The lowest BCUT2D eigenvalue weighted by Gasteiger charge is -2.28. The number of aryl methyl sites for hydroxylation is 1. The number of ether oxygens (including phenoxy) is 1. The molecule has 33 heavy (non-hydrogen) atoms. The minimum absolute atomic E-state index is 0.0611. The summed E-state index contributed by atoms with van der Waals surface area (Å²) in [5.41, 5.74) is 5.43. The van der Waals surface area contributed by atoms with Crippen molar-refractivity contribution in [3.63, 3.8) is 0 Å². The summed E-state index contributed by atoms with van der Waals surface area (Å²) in [4.78, 5) is 9.14. The SMILES string of the molecule is CCOc1cc(C(C)C)n(C(CNc2cnc3ccccc3c2)C(C)c2cccnc2C)n1. The number of benzene rings is 1. The molecule has 0 amide bonds. The predicted molar refractivity (Wildman–Crippen MR) is 134 cm³/mol. The van der Waals surface area contributed by atoms with Gasteiger partial charge in [0.25, 0.3) is 0 Å². The highest BCUT2D eigenvalue weighted by atomic mass is 16.5. The van der Waals surface area contributed by atoms with Crippen LogP contribution in [0.3, 0.4) is 0 Å². The summed E-state index contributed by atoms with van der Waals surface area (Å²) in [6.45, 7) is 12.0. The maximum atomic E-state index is 5.77. The molecule has 0 saturated heterocycles. The van der Waals surface area contributed by atoms with Gasteiger partial charge in [-0.25, -0.2) is 0 Å². The Morgan fingerprint density at radius 3 is 2.61 bits per heavy atom. The lowest BCUT2D eigenvalue weighted by atomic mass is 9.91. The normalized spacial score (nSPS) is 13.3. The van der Waals surface area contributed by atoms with Crippen LogP contribution >= 0.6 is 0 Å². The maximum absolute atomic E-state index is 5.77. The summed E-state index contributed by atoms with van der Waals surface area (Å²) in [5, 5.41) is 9.63. The third-order valence-electron chi connectivity index (χ3n) is 6.16. The summed E-state index contributed by atoms with van der Waals surface area (Å²) in [6, 6.07) is 16.6. The second-order valence-corrected chi connectivity index (χ2v) is 8.77. The average Bonchev–Trinajstić information content (AvgIpc) is 3.23. The number of para-hydroxylation sites is 1. The first kappa shape index (κ1) is 22.8. The number of fused-ring (bicyclic) bond motifs is 1. The summed E-state index contributed by atoms with van der Waals surface area (Å²) in [6.07, 6.45) is 3.75. The zero-order valence-electron chi connectivity index (χ0n) is 20.1. The van der Waals surface area contributed by atoms with Crippen LogP contribution in [0.4, 0.5) is 5.69 Å². The summed E-state index contributed by atoms with van der Waals surface area (Å²) in [5.74, 6) is 1.18. The molecule has 0 radical (unpaired) electrons. The van der Waals surface area contributed by atoms with Gasteiger partial charge in [0.1, 0.15) is 0 Å². The zero-order valence-corrected chi connectivity index (χ0v) is 20.1. The first-order valence-corrected chi connectivity index (χ1v) is 11.7. The van der Waals surface area contributed by atoms with E-state index in [1.807, 2.05) is 43.6 Å². The quantitative estimate of drug-likeness (QED) is 0.338. The van der Waals surface area contributed by atoms with Crippen LogP contribution in [0.5, 0.6) is 5.88 Å².